The van der Waals surface area contributed by atoms with E-state index in [1.807, 2.05) is 194 Å². The Balaban J connectivity index is 0.000000964. The third-order valence-electron chi connectivity index (χ3n) is 17.8. The molecule has 601 valence electrons. The molecule has 8 aromatic heterocycles. The van der Waals surface area contributed by atoms with Gasteiger partial charge in [-0.15, -0.1) is 0 Å². The topological polar surface area (TPSA) is 448 Å². The summed E-state index contributed by atoms with van der Waals surface area (Å²) < 4.78 is 0. The van der Waals surface area contributed by atoms with Crippen LogP contribution in [-0.2, 0) is 64.8 Å². The van der Waals surface area contributed by atoms with Gasteiger partial charge in [-0.05, 0) is 165 Å². The average Bonchev–Trinajstić information content (AvgIpc) is 0.758. The van der Waals surface area contributed by atoms with E-state index < -0.39 is 11.9 Å². The molecule has 0 fully saturated rings. The first-order valence-corrected chi connectivity index (χ1v) is 34.2. The number of pyridine rings is 8. The molecule has 8 heterocycles. The summed E-state index contributed by atoms with van der Waals surface area (Å²) in [6, 6.07) is 62.9. The first kappa shape index (κ1) is 101. The zero-order chi connectivity index (χ0) is 74.7. The van der Waals surface area contributed by atoms with Crippen LogP contribution in [0.25, 0.3) is 134 Å². The molecule has 6 aromatic carbocycles. The number of hydrogen-bond acceptors (Lipinski definition) is 14. The Kier molecular flexibility index (Phi) is 36.0. The van der Waals surface area contributed by atoms with Crippen molar-refractivity contribution in [1.29, 1.82) is 0 Å². The first-order chi connectivity index (χ1) is 49.2. The summed E-state index contributed by atoms with van der Waals surface area (Å²) in [6.07, 6.45) is 6.93. The molecule has 0 saturated heterocycles. The molecule has 0 saturated carbocycles. The largest absolute Gasteiger partial charge is 0.507 e. The maximum absolute atomic E-state index is 11.7. The van der Waals surface area contributed by atoms with Gasteiger partial charge in [-0.1, -0.05) is 163 Å². The van der Waals surface area contributed by atoms with Crippen LogP contribution >= 0.6 is 0 Å². The van der Waals surface area contributed by atoms with E-state index in [9.17, 15) is 20.4 Å². The van der Waals surface area contributed by atoms with Crippen LogP contribution in [-0.4, -0.2) is 124 Å². The molecule has 25 heteroatoms. The fourth-order valence-electron chi connectivity index (χ4n) is 12.1. The van der Waals surface area contributed by atoms with Gasteiger partial charge in [-0.3, -0.25) is 29.5 Å². The maximum Gasteiger partial charge on any atom is 0.300 e. The molecule has 114 heavy (non-hydrogen) atoms. The predicted octanol–water partition coefficient (Wildman–Crippen LogP) is 16.0. The molecular weight excluding hydrogens is 1530 g/mol. The molecule has 0 aliphatic carbocycles. The standard InChI is InChI=1S/2C42H38N4O2.2C2H4O2.CH4.B.2Co.6H2O/c2*1-41(2,3)27-21-29(33-11-7-9-19-43-33)39(47)31(23-27)35-17-15-25-13-14-26-16-18-36(46-38(26)37(25)45-35)32-24-28(42(4,5)6)22-30(40(32)48)34-12-8-10-20-44-34;2*1-2(3)4;;;;;;;;;;/h2*7-24,47-48H,1-6H3;2*1H3,(H,3,4);1H4;;;;6*1H2. The van der Waals surface area contributed by atoms with Crippen molar-refractivity contribution in [2.45, 2.75) is 126 Å². The fraction of sp³-hybridized carbons (Fsp3) is 0.213. The van der Waals surface area contributed by atoms with Gasteiger partial charge < -0.3 is 63.5 Å². The molecule has 0 aliphatic heterocycles. The summed E-state index contributed by atoms with van der Waals surface area (Å²) in [5, 5.41) is 65.2. The van der Waals surface area contributed by atoms with Crippen molar-refractivity contribution in [3.8, 4) is 113 Å². The summed E-state index contributed by atoms with van der Waals surface area (Å²) in [5.74, 6) is -1.14. The van der Waals surface area contributed by atoms with Crippen LogP contribution in [0.1, 0.15) is 127 Å². The van der Waals surface area contributed by atoms with Gasteiger partial charge in [-0.2, -0.15) is 0 Å². The van der Waals surface area contributed by atoms with Crippen LogP contribution < -0.4 is 0 Å². The van der Waals surface area contributed by atoms with Crippen molar-refractivity contribution >= 4 is 64.0 Å². The zero-order valence-corrected chi connectivity index (χ0v) is 67.2. The molecule has 22 nitrogen and oxygen atoms in total. The number of aromatic hydroxyl groups is 4. The van der Waals surface area contributed by atoms with Crippen molar-refractivity contribution in [1.82, 2.24) is 39.9 Å². The second-order valence-electron chi connectivity index (χ2n) is 29.8. The van der Waals surface area contributed by atoms with Crippen LogP contribution in [0.5, 0.6) is 23.0 Å². The SMILES string of the molecule is C.CC(=O)O.CC(=O)O.CC(C)(C)c1cc(-c2ccccn2)c(O)c(-c2ccc3ccc4ccc(-c5cc(C(C)(C)C)cc(-c6ccccn6)c5O)nc4c3n2)c1.CC(C)(C)c1cc(-c2ccccn2)c(O)c(-c2ccc3ccc4ccc(-c5cc(C(C)(C)C)cc(-c6ccccn6)c5O)nc4c3n2)c1.O.O.O.O.O.O.[B].[Co].[Co]. The molecular formula is C89H100BCo2N8O14. The maximum atomic E-state index is 11.7. The third kappa shape index (κ3) is 22.5. The van der Waals surface area contributed by atoms with Gasteiger partial charge >= 0.3 is 0 Å². The number of nitrogens with zero attached hydrogens (tertiary/aromatic N) is 8. The number of carboxylic acid groups (broad SMARTS) is 2. The summed E-state index contributed by atoms with van der Waals surface area (Å²) in [4.78, 5) is 56.8. The Hall–Kier alpha value is -11.5. The minimum absolute atomic E-state index is 0. The Morgan fingerprint density at radius 1 is 0.272 bits per heavy atom. The van der Waals surface area contributed by atoms with Crippen molar-refractivity contribution in [3.63, 3.8) is 0 Å². The van der Waals surface area contributed by atoms with Gasteiger partial charge in [0.2, 0.25) is 0 Å². The van der Waals surface area contributed by atoms with Crippen molar-refractivity contribution in [2.75, 3.05) is 0 Å². The Labute approximate surface area is 686 Å². The number of fused-ring (bicyclic) bond motifs is 6. The number of carbonyl (C=O) groups is 2. The molecule has 5 radical (unpaired) electrons. The average molecular weight is 1630 g/mol. The Morgan fingerprint density at radius 2 is 0.421 bits per heavy atom. The molecule has 0 atom stereocenters. The van der Waals surface area contributed by atoms with Crippen LogP contribution in [0.2, 0.25) is 0 Å². The molecule has 0 bridgehead atoms. The Morgan fingerprint density at radius 3 is 0.561 bits per heavy atom. The second-order valence-corrected chi connectivity index (χ2v) is 29.8. The molecule has 14 aromatic rings. The quantitative estimate of drug-likeness (QED) is 0.0608. The molecule has 18 N–H and O–H groups in total. The minimum Gasteiger partial charge on any atom is -0.507 e. The molecule has 0 unspecified atom stereocenters. The fourth-order valence-corrected chi connectivity index (χ4v) is 12.1. The first-order valence-electron chi connectivity index (χ1n) is 34.2. The van der Waals surface area contributed by atoms with Crippen LogP contribution in [0.4, 0.5) is 0 Å². The number of benzene rings is 6. The van der Waals surface area contributed by atoms with E-state index in [0.717, 1.165) is 57.6 Å². The summed E-state index contributed by atoms with van der Waals surface area (Å²) in [6.45, 7) is 28.0. The molecule has 0 amide bonds. The van der Waals surface area contributed by atoms with E-state index >= 15 is 0 Å². The van der Waals surface area contributed by atoms with Gasteiger partial charge in [0, 0.05) is 147 Å². The number of aliphatic carboxylic acids is 2. The summed E-state index contributed by atoms with van der Waals surface area (Å²) >= 11 is 0. The van der Waals surface area contributed by atoms with Gasteiger partial charge in [0.05, 0.1) is 67.6 Å². The smallest absolute Gasteiger partial charge is 0.300 e. The van der Waals surface area contributed by atoms with Gasteiger partial charge in [0.15, 0.2) is 0 Å². The van der Waals surface area contributed by atoms with E-state index in [2.05, 4.69) is 103 Å². The number of aromatic nitrogens is 8. The summed E-state index contributed by atoms with van der Waals surface area (Å²) in [5.41, 5.74) is 16.9. The van der Waals surface area contributed by atoms with Crippen LogP contribution in [0, 0.1) is 0 Å². The third-order valence-corrected chi connectivity index (χ3v) is 17.8. The van der Waals surface area contributed by atoms with E-state index in [1.165, 1.54) is 0 Å². The number of carboxylic acids is 2. The molecule has 14 rings (SSSR count). The van der Waals surface area contributed by atoms with E-state index in [4.69, 9.17) is 39.7 Å². The van der Waals surface area contributed by atoms with E-state index in [0.29, 0.717) is 112 Å². The van der Waals surface area contributed by atoms with Gasteiger partial charge in [-0.25, -0.2) is 19.9 Å². The molecule has 0 spiro atoms. The number of rotatable bonds is 8. The zero-order valence-electron chi connectivity index (χ0n) is 65.1. The van der Waals surface area contributed by atoms with Crippen molar-refractivity contribution in [3.05, 3.63) is 241 Å². The van der Waals surface area contributed by atoms with Crippen molar-refractivity contribution in [2.24, 2.45) is 0 Å². The normalized spacial score (nSPS) is 10.6. The summed E-state index contributed by atoms with van der Waals surface area (Å²) in [7, 11) is 0. The van der Waals surface area contributed by atoms with Gasteiger partial charge in [0.25, 0.3) is 11.9 Å². The second kappa shape index (κ2) is 40.8. The number of phenolic OH excluding ortho intramolecular Hbond substituents is 4. The molecule has 0 aliphatic rings. The monoisotopic (exact) mass is 1630 g/mol. The predicted molar refractivity (Wildman–Crippen MR) is 451 cm³/mol. The van der Waals surface area contributed by atoms with Crippen LogP contribution in [0.15, 0.2) is 219 Å². The number of phenols is 4. The van der Waals surface area contributed by atoms with Crippen molar-refractivity contribution < 1.29 is 107 Å². The van der Waals surface area contributed by atoms with Crippen LogP contribution in [0.3, 0.4) is 0 Å². The van der Waals surface area contributed by atoms with E-state index in [1.54, 1.807) is 24.8 Å². The van der Waals surface area contributed by atoms with E-state index in [-0.39, 0.29) is 127 Å². The Bertz CT molecular complexity index is 4910. The number of hydrogen-bond donors (Lipinski definition) is 6. The van der Waals surface area contributed by atoms with Gasteiger partial charge in [0.1, 0.15) is 23.0 Å². The minimum atomic E-state index is -0.833.